The Bertz CT molecular complexity index is 14.4. The maximum absolute atomic E-state index is 4.89. The first kappa shape index (κ1) is 5.02. The maximum atomic E-state index is 4.89. The van der Waals surface area contributed by atoms with E-state index in [0.29, 0.717) is 0 Å². The summed E-state index contributed by atoms with van der Waals surface area (Å²) in [6.45, 7) is 2.99. The van der Waals surface area contributed by atoms with Gasteiger partial charge in [0, 0.05) is 0 Å². The minimum atomic E-state index is 0.917. The lowest BCUT2D eigenvalue weighted by Gasteiger charge is -1.84. The van der Waals surface area contributed by atoms with Crippen molar-refractivity contribution in [2.75, 3.05) is 6.54 Å². The molecule has 0 aromatic rings. The van der Waals surface area contributed by atoms with Crippen LogP contribution in [0.2, 0.25) is 0 Å². The summed E-state index contributed by atoms with van der Waals surface area (Å²) in [7, 11) is 4.89. The summed E-state index contributed by atoms with van der Waals surface area (Å²) in [6, 6.07) is 0. The van der Waals surface area contributed by atoms with Crippen molar-refractivity contribution in [1.82, 2.24) is 5.23 Å². The van der Waals surface area contributed by atoms with E-state index >= 15 is 0 Å². The zero-order chi connectivity index (χ0) is 4.12. The van der Waals surface area contributed by atoms with Gasteiger partial charge in [0.05, 0.1) is 0 Å². The highest BCUT2D eigenvalue weighted by atomic mass is 14.7. The van der Waals surface area contributed by atoms with Crippen molar-refractivity contribution in [3.63, 3.8) is 0 Å². The van der Waals surface area contributed by atoms with E-state index in [0.717, 1.165) is 13.0 Å². The molecule has 0 saturated carbocycles. The highest BCUT2D eigenvalue weighted by Gasteiger charge is 1.65. The van der Waals surface area contributed by atoms with Gasteiger partial charge >= 0.3 is 0 Å². The Morgan fingerprint density at radius 3 is 2.40 bits per heavy atom. The van der Waals surface area contributed by atoms with Crippen molar-refractivity contribution in [2.45, 2.75) is 13.3 Å². The first-order valence-electron chi connectivity index (χ1n) is 1.85. The summed E-state index contributed by atoms with van der Waals surface area (Å²) in [4.78, 5) is 0. The molecule has 0 amide bonds. The van der Waals surface area contributed by atoms with Crippen LogP contribution in [-0.2, 0) is 0 Å². The normalized spacial score (nSPS) is 8.20. The number of hydrogen-bond donors (Lipinski definition) is 1. The van der Waals surface area contributed by atoms with Gasteiger partial charge in [-0.25, -0.2) is 0 Å². The van der Waals surface area contributed by atoms with Crippen LogP contribution in [0.5, 0.6) is 0 Å². The summed E-state index contributed by atoms with van der Waals surface area (Å²) in [6.07, 6.45) is 1.11. The van der Waals surface area contributed by atoms with Crippen LogP contribution >= 0.6 is 0 Å². The number of nitrogens with one attached hydrogen (secondary N) is 1. The quantitative estimate of drug-likeness (QED) is 0.452. The second-order valence-electron chi connectivity index (χ2n) is 0.954. The molecule has 1 N–H and O–H groups in total. The average molecular weight is 68.9 g/mol. The summed E-state index contributed by atoms with van der Waals surface area (Å²) in [5.41, 5.74) is 0. The molecule has 28 valence electrons. The van der Waals surface area contributed by atoms with Gasteiger partial charge in [0.2, 0.25) is 0 Å². The Hall–Kier alpha value is 0.0249. The SMILES string of the molecule is [B]NCCC. The second kappa shape index (κ2) is 4.02. The molecule has 0 aliphatic heterocycles. The van der Waals surface area contributed by atoms with Gasteiger partial charge in [0.15, 0.2) is 7.98 Å². The summed E-state index contributed by atoms with van der Waals surface area (Å²) >= 11 is 0. The molecule has 2 radical (unpaired) electrons. The fourth-order valence-corrected chi connectivity index (χ4v) is 0.144. The van der Waals surface area contributed by atoms with Crippen molar-refractivity contribution in [1.29, 1.82) is 0 Å². The smallest absolute Gasteiger partial charge is 0.177 e. The Balaban J connectivity index is 2.19. The molecule has 0 rings (SSSR count). The van der Waals surface area contributed by atoms with Crippen LogP contribution in [0, 0.1) is 0 Å². The van der Waals surface area contributed by atoms with Crippen LogP contribution in [0.15, 0.2) is 0 Å². The molecule has 0 saturated heterocycles. The van der Waals surface area contributed by atoms with Crippen LogP contribution in [0.25, 0.3) is 0 Å². The van der Waals surface area contributed by atoms with Gasteiger partial charge in [-0.3, -0.25) is 0 Å². The van der Waals surface area contributed by atoms with E-state index in [1.807, 2.05) is 0 Å². The monoisotopic (exact) mass is 69.1 g/mol. The van der Waals surface area contributed by atoms with Gasteiger partial charge in [-0.1, -0.05) is 6.92 Å². The predicted octanol–water partition coefficient (Wildman–Crippen LogP) is 0.0695. The lowest BCUT2D eigenvalue weighted by molar-refractivity contribution is 0.868. The van der Waals surface area contributed by atoms with Gasteiger partial charge in [-0.2, -0.15) is 0 Å². The Morgan fingerprint density at radius 2 is 2.40 bits per heavy atom. The Labute approximate surface area is 34.2 Å². The molecule has 0 bridgehead atoms. The van der Waals surface area contributed by atoms with Gasteiger partial charge < -0.3 is 5.23 Å². The largest absolute Gasteiger partial charge is 0.366 e. The molecule has 0 aliphatic rings. The van der Waals surface area contributed by atoms with E-state index in [4.69, 9.17) is 7.98 Å². The third kappa shape index (κ3) is 4.02. The second-order valence-corrected chi connectivity index (χ2v) is 0.954. The van der Waals surface area contributed by atoms with E-state index < -0.39 is 0 Å². The first-order chi connectivity index (χ1) is 2.41. The van der Waals surface area contributed by atoms with Crippen LogP contribution < -0.4 is 5.23 Å². The maximum Gasteiger partial charge on any atom is 0.177 e. The number of rotatable bonds is 2. The lowest BCUT2D eigenvalue weighted by atomic mass is 10.4. The summed E-state index contributed by atoms with van der Waals surface area (Å²) in [5.74, 6) is 0. The molecule has 0 aromatic carbocycles. The summed E-state index contributed by atoms with van der Waals surface area (Å²) < 4.78 is 0. The molecular weight excluding hydrogens is 60.9 g/mol. The van der Waals surface area contributed by atoms with E-state index in [-0.39, 0.29) is 0 Å². The molecule has 0 aromatic heterocycles. The fraction of sp³-hybridized carbons (Fsp3) is 1.00. The minimum Gasteiger partial charge on any atom is -0.366 e. The van der Waals surface area contributed by atoms with Crippen molar-refractivity contribution in [3.8, 4) is 0 Å². The molecule has 0 heterocycles. The molecule has 5 heavy (non-hydrogen) atoms. The third-order valence-electron chi connectivity index (χ3n) is 0.394. The lowest BCUT2D eigenvalue weighted by Crippen LogP contribution is -2.07. The van der Waals surface area contributed by atoms with Crippen molar-refractivity contribution in [2.24, 2.45) is 0 Å². The van der Waals surface area contributed by atoms with Gasteiger partial charge in [-0.05, 0) is 13.0 Å². The molecule has 0 aliphatic carbocycles. The van der Waals surface area contributed by atoms with Crippen molar-refractivity contribution in [3.05, 3.63) is 0 Å². The minimum absolute atomic E-state index is 0.917. The first-order valence-corrected chi connectivity index (χ1v) is 1.85. The van der Waals surface area contributed by atoms with Crippen LogP contribution in [0.4, 0.5) is 0 Å². The molecule has 0 fully saturated rings. The van der Waals surface area contributed by atoms with Gasteiger partial charge in [0.25, 0.3) is 0 Å². The Morgan fingerprint density at radius 1 is 1.80 bits per heavy atom. The molecule has 0 spiro atoms. The molecule has 2 heteroatoms. The average Bonchev–Trinajstić information content (AvgIpc) is 1.41. The van der Waals surface area contributed by atoms with Crippen molar-refractivity contribution >= 4 is 7.98 Å². The van der Waals surface area contributed by atoms with Gasteiger partial charge in [0.1, 0.15) is 0 Å². The molecule has 0 unspecified atom stereocenters. The zero-order valence-corrected chi connectivity index (χ0v) is 3.49. The van der Waals surface area contributed by atoms with Gasteiger partial charge in [-0.15, -0.1) is 0 Å². The Kier molecular flexibility index (Phi) is 4.05. The van der Waals surface area contributed by atoms with Crippen LogP contribution in [-0.4, -0.2) is 14.5 Å². The van der Waals surface area contributed by atoms with E-state index in [1.54, 1.807) is 0 Å². The van der Waals surface area contributed by atoms with Crippen LogP contribution in [0.1, 0.15) is 13.3 Å². The van der Waals surface area contributed by atoms with E-state index in [1.165, 1.54) is 0 Å². The fourth-order valence-electron chi connectivity index (χ4n) is 0.144. The number of hydrogen-bond acceptors (Lipinski definition) is 1. The molecule has 1 nitrogen and oxygen atoms in total. The third-order valence-corrected chi connectivity index (χ3v) is 0.394. The zero-order valence-electron chi connectivity index (χ0n) is 3.49. The van der Waals surface area contributed by atoms with E-state index in [9.17, 15) is 0 Å². The highest BCUT2D eigenvalue weighted by Crippen LogP contribution is 1.61. The molecular formula is C3H8BN. The predicted molar refractivity (Wildman–Crippen MR) is 24.0 cm³/mol. The summed E-state index contributed by atoms with van der Waals surface area (Å²) in [5, 5.41) is 2.52. The molecule has 0 atom stereocenters. The van der Waals surface area contributed by atoms with E-state index in [2.05, 4.69) is 12.2 Å². The topological polar surface area (TPSA) is 12.0 Å². The van der Waals surface area contributed by atoms with Crippen molar-refractivity contribution < 1.29 is 0 Å². The standard InChI is InChI=1S/C3H8BN/c1-2-3-5-4/h5H,2-3H2,1H3. The van der Waals surface area contributed by atoms with Crippen LogP contribution in [0.3, 0.4) is 0 Å². The highest BCUT2D eigenvalue weighted by molar-refractivity contribution is 6.04.